The van der Waals surface area contributed by atoms with Crippen molar-refractivity contribution in [3.63, 3.8) is 0 Å². The third kappa shape index (κ3) is 3.30. The molecule has 5 heteroatoms. The van der Waals surface area contributed by atoms with Crippen LogP contribution in [0.5, 0.6) is 0 Å². The van der Waals surface area contributed by atoms with Crippen LogP contribution in [0.3, 0.4) is 0 Å². The van der Waals surface area contributed by atoms with Gasteiger partial charge in [0.15, 0.2) is 0 Å². The van der Waals surface area contributed by atoms with E-state index in [9.17, 15) is 5.11 Å². The van der Waals surface area contributed by atoms with Crippen LogP contribution < -0.4 is 10.6 Å². The van der Waals surface area contributed by atoms with Crippen molar-refractivity contribution >= 4 is 11.8 Å². The smallest absolute Gasteiger partial charge is 0.224 e. The van der Waals surface area contributed by atoms with Gasteiger partial charge in [-0.3, -0.25) is 0 Å². The zero-order valence-corrected chi connectivity index (χ0v) is 10.4. The van der Waals surface area contributed by atoms with E-state index in [0.717, 1.165) is 37.2 Å². The van der Waals surface area contributed by atoms with E-state index >= 15 is 0 Å². The third-order valence-electron chi connectivity index (χ3n) is 3.13. The highest BCUT2D eigenvalue weighted by Crippen LogP contribution is 2.22. The highest BCUT2D eigenvalue weighted by Gasteiger charge is 2.19. The van der Waals surface area contributed by atoms with Gasteiger partial charge < -0.3 is 15.7 Å². The molecule has 0 aliphatic heterocycles. The molecule has 0 radical (unpaired) electrons. The van der Waals surface area contributed by atoms with Crippen molar-refractivity contribution in [2.45, 2.75) is 44.8 Å². The fourth-order valence-electron chi connectivity index (χ4n) is 2.18. The molecule has 1 saturated carbocycles. The summed E-state index contributed by atoms with van der Waals surface area (Å²) in [5.41, 5.74) is 0.947. The molecule has 1 heterocycles. The van der Waals surface area contributed by atoms with Crippen LogP contribution >= 0.6 is 0 Å². The van der Waals surface area contributed by atoms with Gasteiger partial charge in [0.2, 0.25) is 5.95 Å². The minimum Gasteiger partial charge on any atom is -0.393 e. The van der Waals surface area contributed by atoms with Crippen molar-refractivity contribution in [2.75, 3.05) is 17.7 Å². The van der Waals surface area contributed by atoms with Gasteiger partial charge in [0, 0.05) is 24.8 Å². The first-order valence-electron chi connectivity index (χ1n) is 6.15. The van der Waals surface area contributed by atoms with E-state index in [-0.39, 0.29) is 6.10 Å². The van der Waals surface area contributed by atoms with Gasteiger partial charge in [0.25, 0.3) is 0 Å². The average molecular weight is 236 g/mol. The summed E-state index contributed by atoms with van der Waals surface area (Å²) >= 11 is 0. The van der Waals surface area contributed by atoms with Crippen molar-refractivity contribution < 1.29 is 5.11 Å². The van der Waals surface area contributed by atoms with E-state index in [1.165, 1.54) is 0 Å². The van der Waals surface area contributed by atoms with Gasteiger partial charge in [-0.1, -0.05) is 0 Å². The summed E-state index contributed by atoms with van der Waals surface area (Å²) in [4.78, 5) is 8.62. The van der Waals surface area contributed by atoms with E-state index < -0.39 is 0 Å². The van der Waals surface area contributed by atoms with Crippen LogP contribution in [-0.4, -0.2) is 34.3 Å². The summed E-state index contributed by atoms with van der Waals surface area (Å²) in [5.74, 6) is 1.51. The Bertz CT molecular complexity index is 375. The van der Waals surface area contributed by atoms with Crippen LogP contribution in [0.4, 0.5) is 11.8 Å². The van der Waals surface area contributed by atoms with E-state index in [1.54, 1.807) is 0 Å². The Kier molecular flexibility index (Phi) is 3.78. The number of aliphatic hydroxyl groups excluding tert-OH is 1. The monoisotopic (exact) mass is 236 g/mol. The lowest BCUT2D eigenvalue weighted by atomic mass is 9.93. The second kappa shape index (κ2) is 5.31. The van der Waals surface area contributed by atoms with Crippen LogP contribution in [-0.2, 0) is 0 Å². The highest BCUT2D eigenvalue weighted by atomic mass is 16.3. The second-order valence-electron chi connectivity index (χ2n) is 4.62. The maximum Gasteiger partial charge on any atom is 0.224 e. The first-order valence-corrected chi connectivity index (χ1v) is 6.15. The van der Waals surface area contributed by atoms with Crippen LogP contribution in [0.15, 0.2) is 6.07 Å². The SMILES string of the molecule is CNc1nc(C)cc(NC2CCC(O)CC2)n1. The minimum absolute atomic E-state index is 0.118. The van der Waals surface area contributed by atoms with Crippen LogP contribution in [0.25, 0.3) is 0 Å². The van der Waals surface area contributed by atoms with E-state index in [0.29, 0.717) is 12.0 Å². The quantitative estimate of drug-likeness (QED) is 0.742. The molecule has 1 aliphatic carbocycles. The van der Waals surface area contributed by atoms with Crippen molar-refractivity contribution in [2.24, 2.45) is 0 Å². The number of nitrogens with zero attached hydrogens (tertiary/aromatic N) is 2. The first-order chi connectivity index (χ1) is 8.17. The molecule has 0 bridgehead atoms. The molecular weight excluding hydrogens is 216 g/mol. The number of aromatic nitrogens is 2. The maximum atomic E-state index is 9.46. The molecule has 0 amide bonds. The summed E-state index contributed by atoms with van der Waals surface area (Å²) in [6.45, 7) is 1.96. The number of aliphatic hydroxyl groups is 1. The number of aryl methyl sites for hydroxylation is 1. The summed E-state index contributed by atoms with van der Waals surface area (Å²) in [6, 6.07) is 2.36. The molecule has 1 aliphatic rings. The van der Waals surface area contributed by atoms with Crippen molar-refractivity contribution in [1.29, 1.82) is 0 Å². The molecule has 0 unspecified atom stereocenters. The molecule has 17 heavy (non-hydrogen) atoms. The molecule has 1 aromatic heterocycles. The van der Waals surface area contributed by atoms with Crippen LogP contribution in [0.1, 0.15) is 31.4 Å². The average Bonchev–Trinajstić information content (AvgIpc) is 2.31. The molecular formula is C12H20N4O. The largest absolute Gasteiger partial charge is 0.393 e. The molecule has 3 N–H and O–H groups in total. The molecule has 0 atom stereocenters. The second-order valence-corrected chi connectivity index (χ2v) is 4.62. The normalized spacial score (nSPS) is 24.4. The zero-order valence-electron chi connectivity index (χ0n) is 10.4. The summed E-state index contributed by atoms with van der Waals surface area (Å²) < 4.78 is 0. The minimum atomic E-state index is -0.118. The van der Waals surface area contributed by atoms with Gasteiger partial charge in [-0.25, -0.2) is 4.98 Å². The number of anilines is 2. The van der Waals surface area contributed by atoms with Crippen LogP contribution in [0.2, 0.25) is 0 Å². The molecule has 0 aromatic carbocycles. The Labute approximate surface area is 102 Å². The first kappa shape index (κ1) is 12.1. The number of nitrogens with one attached hydrogen (secondary N) is 2. The van der Waals surface area contributed by atoms with Crippen molar-refractivity contribution in [1.82, 2.24) is 9.97 Å². The Hall–Kier alpha value is -1.36. The Balaban J connectivity index is 2.00. The highest BCUT2D eigenvalue weighted by molar-refractivity contribution is 5.42. The van der Waals surface area contributed by atoms with Gasteiger partial charge in [-0.2, -0.15) is 4.98 Å². The van der Waals surface area contributed by atoms with Crippen molar-refractivity contribution in [3.05, 3.63) is 11.8 Å². The standard InChI is InChI=1S/C12H20N4O/c1-8-7-11(16-12(13-2)14-8)15-9-3-5-10(17)6-4-9/h7,9-10,17H,3-6H2,1-2H3,(H2,13,14,15,16). The van der Waals surface area contributed by atoms with Gasteiger partial charge in [0.1, 0.15) is 5.82 Å². The summed E-state index contributed by atoms with van der Waals surface area (Å²) in [6.07, 6.45) is 3.63. The van der Waals surface area contributed by atoms with E-state index in [1.807, 2.05) is 20.0 Å². The molecule has 2 rings (SSSR count). The molecule has 1 aromatic rings. The van der Waals surface area contributed by atoms with Crippen LogP contribution in [0, 0.1) is 6.92 Å². The fraction of sp³-hybridized carbons (Fsp3) is 0.667. The van der Waals surface area contributed by atoms with Gasteiger partial charge in [0.05, 0.1) is 6.10 Å². The summed E-state index contributed by atoms with van der Waals surface area (Å²) in [7, 11) is 1.81. The number of hydrogen-bond acceptors (Lipinski definition) is 5. The molecule has 1 fully saturated rings. The molecule has 0 spiro atoms. The van der Waals surface area contributed by atoms with Gasteiger partial charge in [-0.05, 0) is 32.6 Å². The predicted molar refractivity (Wildman–Crippen MR) is 68.2 cm³/mol. The molecule has 94 valence electrons. The fourth-order valence-corrected chi connectivity index (χ4v) is 2.18. The lowest BCUT2D eigenvalue weighted by molar-refractivity contribution is 0.126. The maximum absolute atomic E-state index is 9.46. The molecule has 5 nitrogen and oxygen atoms in total. The topological polar surface area (TPSA) is 70.1 Å². The lowest BCUT2D eigenvalue weighted by Crippen LogP contribution is -2.28. The number of hydrogen-bond donors (Lipinski definition) is 3. The van der Waals surface area contributed by atoms with Gasteiger partial charge >= 0.3 is 0 Å². The Morgan fingerprint density at radius 3 is 2.59 bits per heavy atom. The van der Waals surface area contributed by atoms with Crippen molar-refractivity contribution in [3.8, 4) is 0 Å². The third-order valence-corrected chi connectivity index (χ3v) is 3.13. The predicted octanol–water partition coefficient (Wildman–Crippen LogP) is 1.54. The zero-order chi connectivity index (χ0) is 12.3. The Morgan fingerprint density at radius 2 is 1.94 bits per heavy atom. The Morgan fingerprint density at radius 1 is 1.24 bits per heavy atom. The van der Waals surface area contributed by atoms with E-state index in [2.05, 4.69) is 20.6 Å². The molecule has 0 saturated heterocycles. The van der Waals surface area contributed by atoms with E-state index in [4.69, 9.17) is 0 Å². The number of rotatable bonds is 3. The summed E-state index contributed by atoms with van der Waals surface area (Å²) in [5, 5.41) is 15.8. The lowest BCUT2D eigenvalue weighted by Gasteiger charge is -2.26. The van der Waals surface area contributed by atoms with Gasteiger partial charge in [-0.15, -0.1) is 0 Å².